The van der Waals surface area contributed by atoms with Gasteiger partial charge in [0.05, 0.1) is 13.2 Å². The van der Waals surface area contributed by atoms with Crippen LogP contribution >= 0.6 is 0 Å². The summed E-state index contributed by atoms with van der Waals surface area (Å²) in [5, 5.41) is 11.8. The fourth-order valence-corrected chi connectivity index (χ4v) is 2.19. The van der Waals surface area contributed by atoms with Gasteiger partial charge in [-0.1, -0.05) is 48.5 Å². The summed E-state index contributed by atoms with van der Waals surface area (Å²) in [5.74, 6) is 0.937. The first-order valence-corrected chi connectivity index (χ1v) is 7.50. The molecule has 2 rings (SSSR count). The van der Waals surface area contributed by atoms with Gasteiger partial charge in [0.2, 0.25) is 0 Å². The molecule has 0 unspecified atom stereocenters. The summed E-state index contributed by atoms with van der Waals surface area (Å²) in [7, 11) is 0. The van der Waals surface area contributed by atoms with E-state index in [-0.39, 0.29) is 6.61 Å². The Balaban J connectivity index is 1.84. The lowest BCUT2D eigenvalue weighted by Crippen LogP contribution is -2.19. The average Bonchev–Trinajstić information content (AvgIpc) is 2.55. The third-order valence-electron chi connectivity index (χ3n) is 3.27. The van der Waals surface area contributed by atoms with Gasteiger partial charge < -0.3 is 15.2 Å². The van der Waals surface area contributed by atoms with Crippen LogP contribution in [0.1, 0.15) is 12.8 Å². The van der Waals surface area contributed by atoms with Gasteiger partial charge in [-0.05, 0) is 31.0 Å². The van der Waals surface area contributed by atoms with Crippen molar-refractivity contribution >= 4 is 0 Å². The molecule has 0 aliphatic rings. The van der Waals surface area contributed by atoms with E-state index in [1.165, 1.54) is 5.56 Å². The van der Waals surface area contributed by atoms with Crippen molar-refractivity contribution in [1.29, 1.82) is 0 Å². The maximum Gasteiger partial charge on any atom is 0.127 e. The predicted octanol–water partition coefficient (Wildman–Crippen LogP) is 3.09. The maximum absolute atomic E-state index is 8.67. The summed E-state index contributed by atoms with van der Waals surface area (Å²) in [6, 6.07) is 18.4. The molecular weight excluding hydrogens is 262 g/mol. The van der Waals surface area contributed by atoms with Crippen LogP contribution in [0, 0.1) is 0 Å². The second kappa shape index (κ2) is 9.16. The second-order valence-corrected chi connectivity index (χ2v) is 4.89. The lowest BCUT2D eigenvalue weighted by molar-refractivity contribution is 0.287. The Kier molecular flexibility index (Phi) is 6.78. The molecule has 2 aromatic carbocycles. The quantitative estimate of drug-likeness (QED) is 0.696. The smallest absolute Gasteiger partial charge is 0.127 e. The Morgan fingerprint density at radius 3 is 2.43 bits per heavy atom. The zero-order chi connectivity index (χ0) is 14.8. The Morgan fingerprint density at radius 1 is 0.857 bits per heavy atom. The summed E-state index contributed by atoms with van der Waals surface area (Å²) in [6.45, 7) is 2.49. The first kappa shape index (κ1) is 15.5. The van der Waals surface area contributed by atoms with Crippen LogP contribution in [0.25, 0.3) is 11.1 Å². The Bertz CT molecular complexity index is 514. The van der Waals surface area contributed by atoms with Gasteiger partial charge in [0.15, 0.2) is 0 Å². The number of nitrogens with one attached hydrogen (secondary N) is 1. The van der Waals surface area contributed by atoms with E-state index in [2.05, 4.69) is 23.5 Å². The zero-order valence-corrected chi connectivity index (χ0v) is 12.3. The van der Waals surface area contributed by atoms with Gasteiger partial charge in [-0.3, -0.25) is 0 Å². The molecule has 0 heterocycles. The standard InChI is InChI=1S/C18H23NO2/c20-14-13-19-12-6-7-15-21-18-11-5-4-10-17(18)16-8-2-1-3-9-16/h1-5,8-11,19-20H,6-7,12-15H2. The largest absolute Gasteiger partial charge is 0.493 e. The number of hydrogen-bond acceptors (Lipinski definition) is 3. The number of hydrogen-bond donors (Lipinski definition) is 2. The molecule has 0 amide bonds. The third kappa shape index (κ3) is 5.21. The summed E-state index contributed by atoms with van der Waals surface area (Å²) in [6.07, 6.45) is 2.05. The molecule has 3 heteroatoms. The van der Waals surface area contributed by atoms with E-state index in [1.807, 2.05) is 36.4 Å². The average molecular weight is 285 g/mol. The molecule has 0 saturated carbocycles. The van der Waals surface area contributed by atoms with E-state index in [0.29, 0.717) is 13.2 Å². The van der Waals surface area contributed by atoms with Crippen LogP contribution in [0.5, 0.6) is 5.75 Å². The van der Waals surface area contributed by atoms with E-state index in [4.69, 9.17) is 9.84 Å². The minimum atomic E-state index is 0.195. The van der Waals surface area contributed by atoms with Gasteiger partial charge in [0, 0.05) is 12.1 Å². The van der Waals surface area contributed by atoms with Crippen LogP contribution in [0.4, 0.5) is 0 Å². The fourth-order valence-electron chi connectivity index (χ4n) is 2.19. The highest BCUT2D eigenvalue weighted by Crippen LogP contribution is 2.29. The molecule has 2 aromatic rings. The van der Waals surface area contributed by atoms with Crippen LogP contribution in [0.2, 0.25) is 0 Å². The maximum atomic E-state index is 8.67. The lowest BCUT2D eigenvalue weighted by atomic mass is 10.1. The van der Waals surface area contributed by atoms with E-state index in [9.17, 15) is 0 Å². The van der Waals surface area contributed by atoms with Crippen molar-refractivity contribution in [2.75, 3.05) is 26.3 Å². The van der Waals surface area contributed by atoms with Crippen molar-refractivity contribution in [3.63, 3.8) is 0 Å². The molecule has 0 atom stereocenters. The predicted molar refractivity (Wildman–Crippen MR) is 86.6 cm³/mol. The number of unbranched alkanes of at least 4 members (excludes halogenated alkanes) is 1. The number of ether oxygens (including phenoxy) is 1. The first-order valence-electron chi connectivity index (χ1n) is 7.50. The topological polar surface area (TPSA) is 41.5 Å². The van der Waals surface area contributed by atoms with Crippen molar-refractivity contribution in [3.05, 3.63) is 54.6 Å². The van der Waals surface area contributed by atoms with Crippen molar-refractivity contribution in [3.8, 4) is 16.9 Å². The molecule has 21 heavy (non-hydrogen) atoms. The Morgan fingerprint density at radius 2 is 1.62 bits per heavy atom. The molecule has 0 saturated heterocycles. The van der Waals surface area contributed by atoms with Crippen molar-refractivity contribution in [2.24, 2.45) is 0 Å². The van der Waals surface area contributed by atoms with Gasteiger partial charge in [-0.25, -0.2) is 0 Å². The highest BCUT2D eigenvalue weighted by Gasteiger charge is 2.04. The molecule has 0 aliphatic carbocycles. The van der Waals surface area contributed by atoms with Crippen LogP contribution in [-0.2, 0) is 0 Å². The summed E-state index contributed by atoms with van der Waals surface area (Å²) >= 11 is 0. The fraction of sp³-hybridized carbons (Fsp3) is 0.333. The second-order valence-electron chi connectivity index (χ2n) is 4.89. The number of aliphatic hydroxyl groups is 1. The molecule has 0 fully saturated rings. The lowest BCUT2D eigenvalue weighted by Gasteiger charge is -2.11. The van der Waals surface area contributed by atoms with Gasteiger partial charge in [-0.15, -0.1) is 0 Å². The van der Waals surface area contributed by atoms with Gasteiger partial charge >= 0.3 is 0 Å². The van der Waals surface area contributed by atoms with Crippen molar-refractivity contribution in [2.45, 2.75) is 12.8 Å². The minimum Gasteiger partial charge on any atom is -0.493 e. The highest BCUT2D eigenvalue weighted by molar-refractivity contribution is 5.70. The van der Waals surface area contributed by atoms with Gasteiger partial charge in [0.1, 0.15) is 5.75 Å². The van der Waals surface area contributed by atoms with E-state index < -0.39 is 0 Å². The molecular formula is C18H23NO2. The van der Waals surface area contributed by atoms with E-state index in [1.54, 1.807) is 0 Å². The van der Waals surface area contributed by atoms with Crippen molar-refractivity contribution in [1.82, 2.24) is 5.32 Å². The third-order valence-corrected chi connectivity index (χ3v) is 3.27. The molecule has 0 radical (unpaired) electrons. The van der Waals surface area contributed by atoms with Gasteiger partial charge in [-0.2, -0.15) is 0 Å². The molecule has 0 aliphatic heterocycles. The van der Waals surface area contributed by atoms with Crippen LogP contribution in [0.15, 0.2) is 54.6 Å². The monoisotopic (exact) mass is 285 g/mol. The number of para-hydroxylation sites is 1. The minimum absolute atomic E-state index is 0.195. The van der Waals surface area contributed by atoms with Crippen LogP contribution in [0.3, 0.4) is 0 Å². The van der Waals surface area contributed by atoms with E-state index >= 15 is 0 Å². The van der Waals surface area contributed by atoms with Crippen molar-refractivity contribution < 1.29 is 9.84 Å². The molecule has 112 valence electrons. The summed E-state index contributed by atoms with van der Waals surface area (Å²) in [5.41, 5.74) is 2.31. The molecule has 2 N–H and O–H groups in total. The normalized spacial score (nSPS) is 10.5. The Hall–Kier alpha value is -1.84. The number of rotatable bonds is 9. The molecule has 0 spiro atoms. The summed E-state index contributed by atoms with van der Waals surface area (Å²) in [4.78, 5) is 0. The number of benzene rings is 2. The zero-order valence-electron chi connectivity index (χ0n) is 12.3. The van der Waals surface area contributed by atoms with E-state index in [0.717, 1.165) is 30.7 Å². The molecule has 0 bridgehead atoms. The van der Waals surface area contributed by atoms with Crippen LogP contribution in [-0.4, -0.2) is 31.4 Å². The number of aliphatic hydroxyl groups excluding tert-OH is 1. The molecule has 3 nitrogen and oxygen atoms in total. The summed E-state index contributed by atoms with van der Waals surface area (Å²) < 4.78 is 5.92. The SMILES string of the molecule is OCCNCCCCOc1ccccc1-c1ccccc1. The first-order chi connectivity index (χ1) is 10.4. The van der Waals surface area contributed by atoms with Gasteiger partial charge in [0.25, 0.3) is 0 Å². The Labute approximate surface area is 126 Å². The highest BCUT2D eigenvalue weighted by atomic mass is 16.5. The molecule has 0 aromatic heterocycles. The van der Waals surface area contributed by atoms with Crippen LogP contribution < -0.4 is 10.1 Å².